The molecule has 0 atom stereocenters. The maximum atomic E-state index is 9.27. The molecule has 0 amide bonds. The summed E-state index contributed by atoms with van der Waals surface area (Å²) < 4.78 is 0. The monoisotopic (exact) mass is 279 g/mol. The van der Waals surface area contributed by atoms with E-state index >= 15 is 0 Å². The standard InChI is InChI=1S/C13H21N5O2/c14-12(17-20)11-6-7-15-13(16-11)18(8-9-19)10-4-2-1-3-5-10/h6-7,10,19-20H,1-5,8-9H2,(H2,14,17). The lowest BCUT2D eigenvalue weighted by molar-refractivity contribution is 0.288. The predicted octanol–water partition coefficient (Wildman–Crippen LogP) is 0.702. The van der Waals surface area contributed by atoms with E-state index in [-0.39, 0.29) is 12.4 Å². The Morgan fingerprint density at radius 2 is 2.15 bits per heavy atom. The molecule has 7 heteroatoms. The van der Waals surface area contributed by atoms with E-state index < -0.39 is 0 Å². The lowest BCUT2D eigenvalue weighted by Gasteiger charge is -2.34. The van der Waals surface area contributed by atoms with E-state index in [2.05, 4.69) is 15.1 Å². The molecule has 0 bridgehead atoms. The van der Waals surface area contributed by atoms with Crippen molar-refractivity contribution in [3.8, 4) is 0 Å². The number of aromatic nitrogens is 2. The summed E-state index contributed by atoms with van der Waals surface area (Å²) in [4.78, 5) is 10.6. The molecule has 4 N–H and O–H groups in total. The van der Waals surface area contributed by atoms with Gasteiger partial charge in [0.15, 0.2) is 5.84 Å². The number of nitrogens with two attached hydrogens (primary N) is 1. The minimum absolute atomic E-state index is 0.0405. The molecule has 0 unspecified atom stereocenters. The van der Waals surface area contributed by atoms with Crippen LogP contribution in [0.1, 0.15) is 37.8 Å². The highest BCUT2D eigenvalue weighted by Gasteiger charge is 2.23. The normalized spacial score (nSPS) is 17.1. The molecule has 110 valence electrons. The number of aliphatic hydroxyl groups excluding tert-OH is 1. The third kappa shape index (κ3) is 3.36. The van der Waals surface area contributed by atoms with Crippen molar-refractivity contribution < 1.29 is 10.3 Å². The molecule has 0 radical (unpaired) electrons. The fourth-order valence-corrected chi connectivity index (χ4v) is 2.63. The largest absolute Gasteiger partial charge is 0.409 e. The Morgan fingerprint density at radius 3 is 2.80 bits per heavy atom. The predicted molar refractivity (Wildman–Crippen MR) is 75.8 cm³/mol. The number of amidine groups is 1. The van der Waals surface area contributed by atoms with E-state index in [9.17, 15) is 5.11 Å². The number of nitrogens with zero attached hydrogens (tertiary/aromatic N) is 4. The van der Waals surface area contributed by atoms with E-state index in [4.69, 9.17) is 10.9 Å². The average molecular weight is 279 g/mol. The topological polar surface area (TPSA) is 108 Å². The van der Waals surface area contributed by atoms with Gasteiger partial charge in [-0.1, -0.05) is 24.4 Å². The molecular weight excluding hydrogens is 258 g/mol. The van der Waals surface area contributed by atoms with Crippen molar-refractivity contribution in [1.29, 1.82) is 0 Å². The number of hydrogen-bond donors (Lipinski definition) is 3. The van der Waals surface area contributed by atoms with Crippen LogP contribution in [0.2, 0.25) is 0 Å². The summed E-state index contributed by atoms with van der Waals surface area (Å²) in [5, 5.41) is 20.9. The van der Waals surface area contributed by atoms with Gasteiger partial charge in [-0.25, -0.2) is 9.97 Å². The molecule has 0 aromatic carbocycles. The molecule has 0 aliphatic heterocycles. The van der Waals surface area contributed by atoms with Gasteiger partial charge in [0, 0.05) is 18.8 Å². The molecule has 0 saturated heterocycles. The van der Waals surface area contributed by atoms with Gasteiger partial charge in [-0.2, -0.15) is 0 Å². The molecule has 1 heterocycles. The van der Waals surface area contributed by atoms with Crippen molar-refractivity contribution in [3.05, 3.63) is 18.0 Å². The van der Waals surface area contributed by atoms with Gasteiger partial charge in [0.1, 0.15) is 5.69 Å². The van der Waals surface area contributed by atoms with Crippen molar-refractivity contribution in [2.45, 2.75) is 38.1 Å². The van der Waals surface area contributed by atoms with Gasteiger partial charge in [0.2, 0.25) is 5.95 Å². The Bertz CT molecular complexity index is 460. The van der Waals surface area contributed by atoms with Gasteiger partial charge in [-0.15, -0.1) is 0 Å². The van der Waals surface area contributed by atoms with Gasteiger partial charge in [-0.05, 0) is 18.9 Å². The van der Waals surface area contributed by atoms with Crippen LogP contribution in [0.15, 0.2) is 17.4 Å². The van der Waals surface area contributed by atoms with E-state index in [0.29, 0.717) is 24.2 Å². The van der Waals surface area contributed by atoms with Crippen molar-refractivity contribution in [1.82, 2.24) is 9.97 Å². The van der Waals surface area contributed by atoms with Crippen LogP contribution in [-0.4, -0.2) is 45.3 Å². The molecule has 1 aromatic rings. The Kier molecular flexibility index (Phi) is 5.11. The zero-order valence-electron chi connectivity index (χ0n) is 11.4. The molecule has 1 fully saturated rings. The summed E-state index contributed by atoms with van der Waals surface area (Å²) >= 11 is 0. The molecule has 1 aromatic heterocycles. The van der Waals surface area contributed by atoms with Gasteiger partial charge >= 0.3 is 0 Å². The zero-order valence-corrected chi connectivity index (χ0v) is 11.4. The summed E-state index contributed by atoms with van der Waals surface area (Å²) in [5.74, 6) is 0.483. The fraction of sp³-hybridized carbons (Fsp3) is 0.615. The smallest absolute Gasteiger partial charge is 0.226 e. The maximum absolute atomic E-state index is 9.27. The van der Waals surface area contributed by atoms with Crippen molar-refractivity contribution in [3.63, 3.8) is 0 Å². The Labute approximate surface area is 118 Å². The van der Waals surface area contributed by atoms with E-state index in [1.165, 1.54) is 19.3 Å². The van der Waals surface area contributed by atoms with Crippen LogP contribution in [0.5, 0.6) is 0 Å². The highest BCUT2D eigenvalue weighted by atomic mass is 16.4. The van der Waals surface area contributed by atoms with Crippen LogP contribution in [-0.2, 0) is 0 Å². The van der Waals surface area contributed by atoms with Crippen molar-refractivity contribution in [2.24, 2.45) is 10.9 Å². The van der Waals surface area contributed by atoms with Crippen LogP contribution in [0.4, 0.5) is 5.95 Å². The first-order valence-corrected chi connectivity index (χ1v) is 6.94. The molecular formula is C13H21N5O2. The summed E-state index contributed by atoms with van der Waals surface area (Å²) in [7, 11) is 0. The van der Waals surface area contributed by atoms with E-state index in [0.717, 1.165) is 12.8 Å². The molecule has 0 spiro atoms. The number of oxime groups is 1. The number of rotatable bonds is 5. The first kappa shape index (κ1) is 14.5. The Hall–Kier alpha value is -1.89. The summed E-state index contributed by atoms with van der Waals surface area (Å²) in [6.45, 7) is 0.540. The molecule has 1 aliphatic rings. The van der Waals surface area contributed by atoms with E-state index in [1.54, 1.807) is 12.3 Å². The lowest BCUT2D eigenvalue weighted by atomic mass is 9.94. The van der Waals surface area contributed by atoms with Gasteiger partial charge < -0.3 is 20.9 Å². The SMILES string of the molecule is N/C(=N/O)c1ccnc(N(CCO)C2CCCCC2)n1. The second-order valence-corrected chi connectivity index (χ2v) is 4.94. The van der Waals surface area contributed by atoms with E-state index in [1.807, 2.05) is 4.90 Å². The first-order valence-electron chi connectivity index (χ1n) is 6.94. The number of anilines is 1. The third-order valence-electron chi connectivity index (χ3n) is 3.63. The van der Waals surface area contributed by atoms with Crippen LogP contribution < -0.4 is 10.6 Å². The average Bonchev–Trinajstić information content (AvgIpc) is 2.52. The fourth-order valence-electron chi connectivity index (χ4n) is 2.63. The maximum Gasteiger partial charge on any atom is 0.226 e. The second-order valence-electron chi connectivity index (χ2n) is 4.94. The summed E-state index contributed by atoms with van der Waals surface area (Å²) in [6.07, 6.45) is 7.38. The third-order valence-corrected chi connectivity index (χ3v) is 3.63. The number of hydrogen-bond acceptors (Lipinski definition) is 6. The number of aliphatic hydroxyl groups is 1. The summed E-state index contributed by atoms with van der Waals surface area (Å²) in [5.41, 5.74) is 5.94. The Balaban J connectivity index is 2.24. The molecule has 20 heavy (non-hydrogen) atoms. The van der Waals surface area contributed by atoms with Gasteiger partial charge in [-0.3, -0.25) is 0 Å². The van der Waals surface area contributed by atoms with Crippen LogP contribution >= 0.6 is 0 Å². The molecule has 1 aliphatic carbocycles. The highest BCUT2D eigenvalue weighted by molar-refractivity contribution is 5.95. The second kappa shape index (κ2) is 7.04. The zero-order chi connectivity index (χ0) is 14.4. The highest BCUT2D eigenvalue weighted by Crippen LogP contribution is 2.25. The quantitative estimate of drug-likeness (QED) is 0.317. The van der Waals surface area contributed by atoms with Crippen LogP contribution in [0, 0.1) is 0 Å². The molecule has 7 nitrogen and oxygen atoms in total. The van der Waals surface area contributed by atoms with Crippen LogP contribution in [0.3, 0.4) is 0 Å². The van der Waals surface area contributed by atoms with Gasteiger partial charge in [0.25, 0.3) is 0 Å². The summed E-state index contributed by atoms with van der Waals surface area (Å²) in [6, 6.07) is 1.94. The van der Waals surface area contributed by atoms with Crippen molar-refractivity contribution in [2.75, 3.05) is 18.1 Å². The molecule has 2 rings (SSSR count). The lowest BCUT2D eigenvalue weighted by Crippen LogP contribution is -2.40. The minimum Gasteiger partial charge on any atom is -0.409 e. The first-order chi connectivity index (χ1) is 9.76. The minimum atomic E-state index is -0.0405. The van der Waals surface area contributed by atoms with Gasteiger partial charge in [0.05, 0.1) is 6.61 Å². The van der Waals surface area contributed by atoms with Crippen molar-refractivity contribution >= 4 is 11.8 Å². The van der Waals surface area contributed by atoms with Crippen LogP contribution in [0.25, 0.3) is 0 Å². The molecule has 1 saturated carbocycles. The Morgan fingerprint density at radius 1 is 1.40 bits per heavy atom.